The van der Waals surface area contributed by atoms with Gasteiger partial charge in [0.1, 0.15) is 5.82 Å². The van der Waals surface area contributed by atoms with Crippen molar-refractivity contribution in [1.82, 2.24) is 4.72 Å². The summed E-state index contributed by atoms with van der Waals surface area (Å²) in [6.07, 6.45) is 2.22. The molecule has 0 atom stereocenters. The lowest BCUT2D eigenvalue weighted by atomic mass is 10.1. The van der Waals surface area contributed by atoms with Gasteiger partial charge in [-0.25, -0.2) is 17.5 Å². The maximum Gasteiger partial charge on any atom is 0.240 e. The fourth-order valence-corrected chi connectivity index (χ4v) is 4.66. The molecule has 10 heteroatoms. The lowest BCUT2D eigenvalue weighted by Crippen LogP contribution is -2.36. The molecule has 168 valence electrons. The van der Waals surface area contributed by atoms with Gasteiger partial charge in [-0.05, 0) is 55.3 Å². The molecule has 0 aliphatic carbocycles. The predicted molar refractivity (Wildman–Crippen MR) is 119 cm³/mol. The van der Waals surface area contributed by atoms with E-state index < -0.39 is 15.8 Å². The third-order valence-electron chi connectivity index (χ3n) is 5.14. The van der Waals surface area contributed by atoms with Gasteiger partial charge in [0.15, 0.2) is 0 Å². The van der Waals surface area contributed by atoms with Gasteiger partial charge in [-0.15, -0.1) is 0 Å². The van der Waals surface area contributed by atoms with Gasteiger partial charge in [-0.2, -0.15) is 0 Å². The van der Waals surface area contributed by atoms with Crippen molar-refractivity contribution in [2.45, 2.75) is 30.3 Å². The molecule has 1 amide bonds. The minimum atomic E-state index is -3.89. The molecule has 2 N–H and O–H groups in total. The van der Waals surface area contributed by atoms with Gasteiger partial charge >= 0.3 is 0 Å². The first-order chi connectivity index (χ1) is 14.8. The van der Waals surface area contributed by atoms with E-state index in [1.807, 2.05) is 24.3 Å². The number of piperidine rings is 1. The first-order valence-electron chi connectivity index (χ1n) is 9.91. The standard InChI is InChI=1S/C21H25ClFN3O4S/c1-30-17-9-12-26(13-10-17)16-4-2-15(3-5-16)25-21(27)8-11-24-31(28,29)18-6-7-20(23)19(22)14-18/h2-7,14,17,24H,8-13H2,1H3,(H,25,27). The molecule has 0 unspecified atom stereocenters. The Morgan fingerprint density at radius 1 is 1.19 bits per heavy atom. The average molecular weight is 470 g/mol. The van der Waals surface area contributed by atoms with E-state index >= 15 is 0 Å². The molecule has 7 nitrogen and oxygen atoms in total. The Labute approximate surface area is 186 Å². The number of nitrogens with zero attached hydrogens (tertiary/aromatic N) is 1. The van der Waals surface area contributed by atoms with Crippen LogP contribution in [0.3, 0.4) is 0 Å². The summed E-state index contributed by atoms with van der Waals surface area (Å²) in [6, 6.07) is 10.7. The van der Waals surface area contributed by atoms with E-state index in [1.54, 1.807) is 7.11 Å². The van der Waals surface area contributed by atoms with Gasteiger partial charge in [-0.3, -0.25) is 4.79 Å². The van der Waals surface area contributed by atoms with E-state index in [0.29, 0.717) is 11.8 Å². The number of sulfonamides is 1. The molecule has 1 saturated heterocycles. The van der Waals surface area contributed by atoms with Crippen molar-refractivity contribution in [2.75, 3.05) is 37.0 Å². The third kappa shape index (κ3) is 6.39. The Hall–Kier alpha value is -2.20. The van der Waals surface area contributed by atoms with Crippen LogP contribution in [0.25, 0.3) is 0 Å². The zero-order chi connectivity index (χ0) is 22.4. The third-order valence-corrected chi connectivity index (χ3v) is 6.89. The van der Waals surface area contributed by atoms with Gasteiger partial charge < -0.3 is 15.0 Å². The Kier molecular flexibility index (Phi) is 7.88. The molecule has 2 aromatic carbocycles. The summed E-state index contributed by atoms with van der Waals surface area (Å²) in [7, 11) is -2.15. The minimum Gasteiger partial charge on any atom is -0.381 e. The second-order valence-corrected chi connectivity index (χ2v) is 9.42. The summed E-state index contributed by atoms with van der Waals surface area (Å²) in [5, 5.41) is 2.46. The molecule has 1 fully saturated rings. The number of anilines is 2. The van der Waals surface area contributed by atoms with E-state index in [0.717, 1.165) is 49.8 Å². The first-order valence-corrected chi connectivity index (χ1v) is 11.8. The number of ether oxygens (including phenoxy) is 1. The minimum absolute atomic E-state index is 0.0551. The van der Waals surface area contributed by atoms with Crippen LogP contribution >= 0.6 is 11.6 Å². The molecule has 2 aromatic rings. The molecular weight excluding hydrogens is 445 g/mol. The molecule has 0 radical (unpaired) electrons. The van der Waals surface area contributed by atoms with E-state index in [-0.39, 0.29) is 28.8 Å². The van der Waals surface area contributed by atoms with E-state index in [1.165, 1.54) is 0 Å². The van der Waals surface area contributed by atoms with Crippen molar-refractivity contribution < 1.29 is 22.3 Å². The number of amides is 1. The van der Waals surface area contributed by atoms with Gasteiger partial charge in [0, 0.05) is 44.5 Å². The topological polar surface area (TPSA) is 87.7 Å². The van der Waals surface area contributed by atoms with Crippen LogP contribution in [0.1, 0.15) is 19.3 Å². The number of hydrogen-bond donors (Lipinski definition) is 2. The average Bonchev–Trinajstić information content (AvgIpc) is 2.76. The highest BCUT2D eigenvalue weighted by Gasteiger charge is 2.19. The zero-order valence-electron chi connectivity index (χ0n) is 17.1. The number of rotatable bonds is 8. The van der Waals surface area contributed by atoms with Gasteiger partial charge in [0.05, 0.1) is 16.0 Å². The quantitative estimate of drug-likeness (QED) is 0.618. The molecule has 1 heterocycles. The number of methoxy groups -OCH3 is 1. The summed E-state index contributed by atoms with van der Waals surface area (Å²) < 4.78 is 45.4. The van der Waals surface area contributed by atoms with Crippen molar-refractivity contribution in [1.29, 1.82) is 0 Å². The number of hydrogen-bond acceptors (Lipinski definition) is 5. The van der Waals surface area contributed by atoms with Crippen LogP contribution in [0.2, 0.25) is 5.02 Å². The Bertz CT molecular complexity index is 1010. The highest BCUT2D eigenvalue weighted by molar-refractivity contribution is 7.89. The summed E-state index contributed by atoms with van der Waals surface area (Å²) in [6.45, 7) is 1.74. The number of halogens is 2. The van der Waals surface area contributed by atoms with Crippen LogP contribution in [0.4, 0.5) is 15.8 Å². The van der Waals surface area contributed by atoms with E-state index in [4.69, 9.17) is 16.3 Å². The monoisotopic (exact) mass is 469 g/mol. The molecule has 0 saturated carbocycles. The molecule has 0 aromatic heterocycles. The van der Waals surface area contributed by atoms with E-state index in [2.05, 4.69) is 14.9 Å². The lowest BCUT2D eigenvalue weighted by molar-refractivity contribution is -0.116. The maximum atomic E-state index is 13.2. The summed E-state index contributed by atoms with van der Waals surface area (Å²) >= 11 is 5.63. The second kappa shape index (κ2) is 10.4. The molecule has 1 aliphatic rings. The molecule has 0 spiro atoms. The SMILES string of the molecule is COC1CCN(c2ccc(NC(=O)CCNS(=O)(=O)c3ccc(F)c(Cl)c3)cc2)CC1. The van der Waals surface area contributed by atoms with Crippen LogP contribution in [-0.2, 0) is 19.6 Å². The number of benzene rings is 2. The predicted octanol–water partition coefficient (Wildman–Crippen LogP) is 3.40. The Morgan fingerprint density at radius 3 is 2.48 bits per heavy atom. The molecule has 1 aliphatic heterocycles. The Balaban J connectivity index is 1.47. The fourth-order valence-electron chi connectivity index (χ4n) is 3.36. The van der Waals surface area contributed by atoms with Crippen molar-refractivity contribution in [3.63, 3.8) is 0 Å². The summed E-state index contributed by atoms with van der Waals surface area (Å²) in [5.41, 5.74) is 1.71. The second-order valence-electron chi connectivity index (χ2n) is 7.24. The van der Waals surface area contributed by atoms with Crippen LogP contribution < -0.4 is 14.9 Å². The van der Waals surface area contributed by atoms with Crippen LogP contribution in [0.5, 0.6) is 0 Å². The van der Waals surface area contributed by atoms with Crippen LogP contribution in [-0.4, -0.2) is 47.2 Å². The van der Waals surface area contributed by atoms with Gasteiger partial charge in [-0.1, -0.05) is 11.6 Å². The number of carbonyl (C=O) groups excluding carboxylic acids is 1. The normalized spacial score (nSPS) is 15.1. The van der Waals surface area contributed by atoms with Crippen LogP contribution in [0, 0.1) is 5.82 Å². The van der Waals surface area contributed by atoms with Gasteiger partial charge in [0.25, 0.3) is 0 Å². The van der Waals surface area contributed by atoms with Crippen molar-refractivity contribution in [2.24, 2.45) is 0 Å². The van der Waals surface area contributed by atoms with Crippen molar-refractivity contribution >= 4 is 38.9 Å². The number of nitrogens with one attached hydrogen (secondary N) is 2. The molecule has 3 rings (SSSR count). The van der Waals surface area contributed by atoms with E-state index in [9.17, 15) is 17.6 Å². The lowest BCUT2D eigenvalue weighted by Gasteiger charge is -2.33. The van der Waals surface area contributed by atoms with Crippen molar-refractivity contribution in [3.8, 4) is 0 Å². The summed E-state index contributed by atoms with van der Waals surface area (Å²) in [5.74, 6) is -1.03. The Morgan fingerprint density at radius 2 is 1.87 bits per heavy atom. The first kappa shape index (κ1) is 23.5. The number of carbonyl (C=O) groups is 1. The zero-order valence-corrected chi connectivity index (χ0v) is 18.7. The van der Waals surface area contributed by atoms with Crippen LogP contribution in [0.15, 0.2) is 47.4 Å². The molecule has 31 heavy (non-hydrogen) atoms. The highest BCUT2D eigenvalue weighted by Crippen LogP contribution is 2.23. The van der Waals surface area contributed by atoms with Gasteiger partial charge in [0.2, 0.25) is 15.9 Å². The molecule has 0 bridgehead atoms. The summed E-state index contributed by atoms with van der Waals surface area (Å²) in [4.78, 5) is 14.3. The molecular formula is C21H25ClFN3O4S. The highest BCUT2D eigenvalue weighted by atomic mass is 35.5. The smallest absolute Gasteiger partial charge is 0.240 e. The fraction of sp³-hybridized carbons (Fsp3) is 0.381. The van der Waals surface area contributed by atoms with Crippen molar-refractivity contribution in [3.05, 3.63) is 53.3 Å². The maximum absolute atomic E-state index is 13.2. The largest absolute Gasteiger partial charge is 0.381 e.